The van der Waals surface area contributed by atoms with Gasteiger partial charge in [0.05, 0.1) is 5.70 Å². The number of nitrogens with one attached hydrogen (secondary N) is 2. The van der Waals surface area contributed by atoms with Crippen LogP contribution in [-0.2, 0) is 0 Å². The van der Waals surface area contributed by atoms with E-state index in [1.807, 2.05) is 26.0 Å². The first-order chi connectivity index (χ1) is 6.63. The maximum atomic E-state index is 6.99. The van der Waals surface area contributed by atoms with Gasteiger partial charge in [0.25, 0.3) is 0 Å². The highest BCUT2D eigenvalue weighted by Gasteiger charge is 1.96. The van der Waals surface area contributed by atoms with Gasteiger partial charge in [0.15, 0.2) is 0 Å². The van der Waals surface area contributed by atoms with Gasteiger partial charge in [-0.25, -0.2) is 0 Å². The van der Waals surface area contributed by atoms with Crippen molar-refractivity contribution in [1.82, 2.24) is 4.98 Å². The van der Waals surface area contributed by atoms with Crippen molar-refractivity contribution in [3.05, 3.63) is 35.4 Å². The highest BCUT2D eigenvalue weighted by molar-refractivity contribution is 5.76. The molecule has 0 aliphatic carbocycles. The minimum atomic E-state index is 0.430. The van der Waals surface area contributed by atoms with Crippen molar-refractivity contribution in [2.75, 3.05) is 5.32 Å². The summed E-state index contributed by atoms with van der Waals surface area (Å²) in [5.41, 5.74) is 8.63. The smallest absolute Gasteiger partial charge is 0.0686 e. The fourth-order valence-corrected chi connectivity index (χ4v) is 1.02. The summed E-state index contributed by atoms with van der Waals surface area (Å²) in [4.78, 5) is 4.08. The van der Waals surface area contributed by atoms with Crippen molar-refractivity contribution in [3.63, 3.8) is 0 Å². The standard InChI is InChI=1S/C10H14N4/c1-7-5-9(3-4-13-7)14-8(2)10(12)6-11/h3-6,11H,12H2,1-2H3,(H,13,14)/b10-8+,11-6?. The van der Waals surface area contributed by atoms with E-state index in [1.165, 1.54) is 0 Å². The molecule has 4 heteroatoms. The van der Waals surface area contributed by atoms with Crippen molar-refractivity contribution in [2.24, 2.45) is 5.73 Å². The third-order valence-corrected chi connectivity index (χ3v) is 1.82. The van der Waals surface area contributed by atoms with Gasteiger partial charge in [-0.3, -0.25) is 4.98 Å². The summed E-state index contributed by atoms with van der Waals surface area (Å²) >= 11 is 0. The van der Waals surface area contributed by atoms with Gasteiger partial charge >= 0.3 is 0 Å². The maximum absolute atomic E-state index is 6.99. The van der Waals surface area contributed by atoms with Gasteiger partial charge in [-0.1, -0.05) is 0 Å². The van der Waals surface area contributed by atoms with Gasteiger partial charge < -0.3 is 16.5 Å². The van der Waals surface area contributed by atoms with Crippen molar-refractivity contribution >= 4 is 11.9 Å². The Kier molecular flexibility index (Phi) is 3.23. The predicted molar refractivity (Wildman–Crippen MR) is 58.3 cm³/mol. The van der Waals surface area contributed by atoms with Crippen molar-refractivity contribution < 1.29 is 0 Å². The summed E-state index contributed by atoms with van der Waals surface area (Å²) < 4.78 is 0. The van der Waals surface area contributed by atoms with Crippen LogP contribution in [0, 0.1) is 12.3 Å². The lowest BCUT2D eigenvalue weighted by atomic mass is 10.3. The highest BCUT2D eigenvalue weighted by Crippen LogP contribution is 2.10. The second kappa shape index (κ2) is 4.41. The molecule has 0 aliphatic heterocycles. The van der Waals surface area contributed by atoms with Crippen LogP contribution in [0.1, 0.15) is 12.6 Å². The molecule has 0 unspecified atom stereocenters. The molecule has 4 nitrogen and oxygen atoms in total. The van der Waals surface area contributed by atoms with Crippen molar-refractivity contribution in [1.29, 1.82) is 5.41 Å². The van der Waals surface area contributed by atoms with E-state index in [-0.39, 0.29) is 0 Å². The number of pyridine rings is 1. The highest BCUT2D eigenvalue weighted by atomic mass is 14.9. The van der Waals surface area contributed by atoms with Crippen LogP contribution in [0.4, 0.5) is 5.69 Å². The van der Waals surface area contributed by atoms with E-state index < -0.39 is 0 Å². The first-order valence-corrected chi connectivity index (χ1v) is 4.30. The lowest BCUT2D eigenvalue weighted by molar-refractivity contribution is 1.19. The molecule has 1 heterocycles. The van der Waals surface area contributed by atoms with E-state index in [0.717, 1.165) is 23.3 Å². The molecule has 0 aromatic carbocycles. The average Bonchev–Trinajstić information content (AvgIpc) is 2.16. The average molecular weight is 190 g/mol. The first-order valence-electron chi connectivity index (χ1n) is 4.30. The summed E-state index contributed by atoms with van der Waals surface area (Å²) in [5.74, 6) is 0. The Balaban J connectivity index is 2.84. The van der Waals surface area contributed by atoms with Crippen LogP contribution in [0.3, 0.4) is 0 Å². The van der Waals surface area contributed by atoms with Crippen LogP contribution >= 0.6 is 0 Å². The molecule has 0 radical (unpaired) electrons. The fourth-order valence-electron chi connectivity index (χ4n) is 1.02. The van der Waals surface area contributed by atoms with Gasteiger partial charge in [-0.15, -0.1) is 0 Å². The van der Waals surface area contributed by atoms with E-state index >= 15 is 0 Å². The summed E-state index contributed by atoms with van der Waals surface area (Å²) in [6.07, 6.45) is 2.85. The first kappa shape index (κ1) is 10.2. The number of aromatic nitrogens is 1. The van der Waals surface area contributed by atoms with Crippen LogP contribution in [0.25, 0.3) is 0 Å². The quantitative estimate of drug-likeness (QED) is 0.634. The zero-order chi connectivity index (χ0) is 10.6. The molecule has 1 aromatic heterocycles. The van der Waals surface area contributed by atoms with Crippen LogP contribution in [0.5, 0.6) is 0 Å². The van der Waals surface area contributed by atoms with Gasteiger partial charge in [0.1, 0.15) is 0 Å². The largest absolute Gasteiger partial charge is 0.396 e. The van der Waals surface area contributed by atoms with E-state index in [1.54, 1.807) is 6.20 Å². The predicted octanol–water partition coefficient (Wildman–Crippen LogP) is 1.64. The SMILES string of the molecule is C/C(Nc1ccnc(C)c1)=C(\N)C=N. The number of nitrogens with zero attached hydrogens (tertiary/aromatic N) is 1. The minimum Gasteiger partial charge on any atom is -0.396 e. The summed E-state index contributed by atoms with van der Waals surface area (Å²) in [5, 5.41) is 10.1. The molecular formula is C10H14N4. The molecule has 0 saturated carbocycles. The minimum absolute atomic E-state index is 0.430. The number of anilines is 1. The Labute approximate surface area is 83.4 Å². The van der Waals surface area contributed by atoms with Crippen LogP contribution in [0.15, 0.2) is 29.7 Å². The number of aryl methyl sites for hydroxylation is 1. The number of nitrogens with two attached hydrogens (primary N) is 1. The lowest BCUT2D eigenvalue weighted by Crippen LogP contribution is -2.08. The van der Waals surface area contributed by atoms with E-state index in [0.29, 0.717) is 5.70 Å². The van der Waals surface area contributed by atoms with E-state index in [2.05, 4.69) is 10.3 Å². The molecule has 0 atom stereocenters. The maximum Gasteiger partial charge on any atom is 0.0686 e. The van der Waals surface area contributed by atoms with Gasteiger partial charge in [-0.05, 0) is 26.0 Å². The van der Waals surface area contributed by atoms with Crippen LogP contribution in [0.2, 0.25) is 0 Å². The molecule has 4 N–H and O–H groups in total. The molecule has 0 fully saturated rings. The normalized spacial score (nSPS) is 11.9. The fraction of sp³-hybridized carbons (Fsp3) is 0.200. The van der Waals surface area contributed by atoms with Crippen molar-refractivity contribution in [2.45, 2.75) is 13.8 Å². The summed E-state index contributed by atoms with van der Waals surface area (Å²) in [7, 11) is 0. The zero-order valence-electron chi connectivity index (χ0n) is 8.33. The molecule has 1 rings (SSSR count). The topological polar surface area (TPSA) is 74.8 Å². The molecule has 0 aliphatic rings. The Bertz CT molecular complexity index is 368. The number of hydrogen-bond donors (Lipinski definition) is 3. The second-order valence-electron chi connectivity index (χ2n) is 3.04. The van der Waals surface area contributed by atoms with Crippen LogP contribution in [-0.4, -0.2) is 11.2 Å². The molecule has 74 valence electrons. The summed E-state index contributed by atoms with van der Waals surface area (Å²) in [6, 6.07) is 3.77. The monoisotopic (exact) mass is 190 g/mol. The lowest BCUT2D eigenvalue weighted by Gasteiger charge is -2.08. The summed E-state index contributed by atoms with van der Waals surface area (Å²) in [6.45, 7) is 3.75. The van der Waals surface area contributed by atoms with Gasteiger partial charge in [-0.2, -0.15) is 0 Å². The number of allylic oxidation sites excluding steroid dienone is 2. The third-order valence-electron chi connectivity index (χ3n) is 1.82. The third kappa shape index (κ3) is 2.58. The Morgan fingerprint density at radius 3 is 2.93 bits per heavy atom. The molecular weight excluding hydrogens is 176 g/mol. The number of hydrogen-bond acceptors (Lipinski definition) is 4. The second-order valence-corrected chi connectivity index (χ2v) is 3.04. The van der Waals surface area contributed by atoms with E-state index in [4.69, 9.17) is 11.1 Å². The zero-order valence-corrected chi connectivity index (χ0v) is 8.33. The molecule has 0 bridgehead atoms. The molecule has 14 heavy (non-hydrogen) atoms. The van der Waals surface area contributed by atoms with Gasteiger partial charge in [0.2, 0.25) is 0 Å². The van der Waals surface area contributed by atoms with Gasteiger partial charge in [0, 0.05) is 29.5 Å². The Morgan fingerprint density at radius 2 is 2.36 bits per heavy atom. The molecule has 1 aromatic rings. The Hall–Kier alpha value is -1.84. The molecule has 0 spiro atoms. The Morgan fingerprint density at radius 1 is 1.64 bits per heavy atom. The van der Waals surface area contributed by atoms with Crippen LogP contribution < -0.4 is 11.1 Å². The number of rotatable bonds is 3. The molecule has 0 saturated heterocycles. The van der Waals surface area contributed by atoms with E-state index in [9.17, 15) is 0 Å². The van der Waals surface area contributed by atoms with Crippen molar-refractivity contribution in [3.8, 4) is 0 Å². The molecule has 0 amide bonds.